The molecule has 0 amide bonds. The second kappa shape index (κ2) is 13.2. The predicted octanol–water partition coefficient (Wildman–Crippen LogP) is 6.78. The molecule has 3 heterocycles. The normalized spacial score (nSPS) is 17.2. The Balaban J connectivity index is 1.22. The summed E-state index contributed by atoms with van der Waals surface area (Å²) in [4.78, 5) is 22.2. The standard InChI is InChI=1S/C31H38ClN3O4S/c1-2-15-38-26-7-5-6-24(20-26)28-22-33-30(40-28)34-13-8-31(9-14-34,35-11-3-4-12-35)10-16-39-27-18-23(19-29(36)37)17-25(32)21-27/h5-7,17-18,20-22H,2-4,8-16,19H2,1H3,(H,36,37). The van der Waals surface area contributed by atoms with E-state index in [2.05, 4.69) is 28.9 Å². The summed E-state index contributed by atoms with van der Waals surface area (Å²) in [6.07, 6.45) is 8.45. The van der Waals surface area contributed by atoms with E-state index in [-0.39, 0.29) is 12.0 Å². The molecular formula is C31H38ClN3O4S. The molecule has 0 aliphatic carbocycles. The summed E-state index contributed by atoms with van der Waals surface area (Å²) in [6.45, 7) is 7.60. The van der Waals surface area contributed by atoms with Gasteiger partial charge in [-0.25, -0.2) is 4.98 Å². The largest absolute Gasteiger partial charge is 0.494 e. The molecule has 0 unspecified atom stereocenters. The lowest BCUT2D eigenvalue weighted by Crippen LogP contribution is -2.55. The third-order valence-corrected chi connectivity index (χ3v) is 9.27. The summed E-state index contributed by atoms with van der Waals surface area (Å²) in [5.41, 5.74) is 1.89. The molecule has 1 aromatic heterocycles. The number of carbonyl (C=O) groups is 1. The number of carboxylic acids is 1. The zero-order valence-corrected chi connectivity index (χ0v) is 24.7. The Morgan fingerprint density at radius 2 is 1.82 bits per heavy atom. The number of benzene rings is 2. The van der Waals surface area contributed by atoms with Crippen LogP contribution < -0.4 is 14.4 Å². The average Bonchev–Trinajstić information content (AvgIpc) is 3.65. The number of hydrogen-bond acceptors (Lipinski definition) is 7. The smallest absolute Gasteiger partial charge is 0.307 e. The summed E-state index contributed by atoms with van der Waals surface area (Å²) in [5.74, 6) is 0.660. The molecule has 5 rings (SSSR count). The lowest BCUT2D eigenvalue weighted by Gasteiger charge is -2.47. The van der Waals surface area contributed by atoms with E-state index in [9.17, 15) is 4.79 Å². The number of halogens is 1. The number of aromatic nitrogens is 1. The average molecular weight is 584 g/mol. The number of carboxylic acid groups (broad SMARTS) is 1. The first-order chi connectivity index (χ1) is 19.4. The highest BCUT2D eigenvalue weighted by Gasteiger charge is 2.41. The van der Waals surface area contributed by atoms with Gasteiger partial charge in [-0.15, -0.1) is 0 Å². The maximum atomic E-state index is 11.1. The van der Waals surface area contributed by atoms with E-state index in [0.29, 0.717) is 22.9 Å². The lowest BCUT2D eigenvalue weighted by atomic mass is 9.83. The van der Waals surface area contributed by atoms with Gasteiger partial charge in [-0.1, -0.05) is 42.0 Å². The summed E-state index contributed by atoms with van der Waals surface area (Å²) in [6, 6.07) is 13.5. The third-order valence-electron chi connectivity index (χ3n) is 7.95. The maximum absolute atomic E-state index is 11.1. The van der Waals surface area contributed by atoms with Crippen molar-refractivity contribution in [3.63, 3.8) is 0 Å². The first-order valence-electron chi connectivity index (χ1n) is 14.3. The minimum Gasteiger partial charge on any atom is -0.494 e. The van der Waals surface area contributed by atoms with Crippen LogP contribution in [0.1, 0.15) is 51.0 Å². The number of piperidine rings is 1. The van der Waals surface area contributed by atoms with Crippen molar-refractivity contribution >= 4 is 34.0 Å². The lowest BCUT2D eigenvalue weighted by molar-refractivity contribution is -0.136. The molecule has 2 saturated heterocycles. The molecule has 7 nitrogen and oxygen atoms in total. The van der Waals surface area contributed by atoms with Crippen LogP contribution in [0.4, 0.5) is 5.13 Å². The quantitative estimate of drug-likeness (QED) is 0.252. The topological polar surface area (TPSA) is 75.1 Å². The maximum Gasteiger partial charge on any atom is 0.307 e. The Morgan fingerprint density at radius 1 is 1.05 bits per heavy atom. The number of likely N-dealkylation sites (tertiary alicyclic amines) is 1. The number of nitrogens with zero attached hydrogens (tertiary/aromatic N) is 3. The Morgan fingerprint density at radius 3 is 2.58 bits per heavy atom. The molecule has 2 aliphatic heterocycles. The van der Waals surface area contributed by atoms with Gasteiger partial charge in [0.1, 0.15) is 11.5 Å². The van der Waals surface area contributed by atoms with Crippen LogP contribution in [0.5, 0.6) is 11.5 Å². The summed E-state index contributed by atoms with van der Waals surface area (Å²) < 4.78 is 12.0. The number of aliphatic carboxylic acids is 1. The SMILES string of the molecule is CCCOc1cccc(-c2cnc(N3CCC(CCOc4cc(Cl)cc(CC(=O)O)c4)(N4CCCC4)CC3)s2)c1. The number of ether oxygens (including phenoxy) is 2. The van der Waals surface area contributed by atoms with Crippen LogP contribution in [0.15, 0.2) is 48.7 Å². The van der Waals surface area contributed by atoms with E-state index in [0.717, 1.165) is 79.8 Å². The molecular weight excluding hydrogens is 546 g/mol. The molecule has 0 bridgehead atoms. The Labute approximate surface area is 245 Å². The molecule has 0 atom stereocenters. The van der Waals surface area contributed by atoms with Gasteiger partial charge >= 0.3 is 5.97 Å². The second-order valence-corrected chi connectivity index (χ2v) is 12.2. The molecule has 214 valence electrons. The Hall–Kier alpha value is -2.81. The molecule has 1 N–H and O–H groups in total. The minimum atomic E-state index is -0.880. The molecule has 40 heavy (non-hydrogen) atoms. The number of hydrogen-bond donors (Lipinski definition) is 1. The number of anilines is 1. The Kier molecular flexibility index (Phi) is 9.50. The third kappa shape index (κ3) is 7.09. The Bertz CT molecular complexity index is 1290. The van der Waals surface area contributed by atoms with Crippen LogP contribution >= 0.6 is 22.9 Å². The van der Waals surface area contributed by atoms with Crippen molar-refractivity contribution in [3.8, 4) is 21.9 Å². The van der Waals surface area contributed by atoms with Crippen LogP contribution in [0.3, 0.4) is 0 Å². The van der Waals surface area contributed by atoms with Crippen molar-refractivity contribution < 1.29 is 19.4 Å². The summed E-state index contributed by atoms with van der Waals surface area (Å²) in [7, 11) is 0. The van der Waals surface area contributed by atoms with Gasteiger partial charge in [-0.2, -0.15) is 0 Å². The van der Waals surface area contributed by atoms with Crippen molar-refractivity contribution in [2.24, 2.45) is 0 Å². The van der Waals surface area contributed by atoms with Crippen LogP contribution in [0.2, 0.25) is 5.02 Å². The van der Waals surface area contributed by atoms with Crippen LogP contribution in [0.25, 0.3) is 10.4 Å². The van der Waals surface area contributed by atoms with E-state index < -0.39 is 5.97 Å². The zero-order valence-electron chi connectivity index (χ0n) is 23.1. The molecule has 2 aliphatic rings. The van der Waals surface area contributed by atoms with E-state index in [1.807, 2.05) is 18.3 Å². The van der Waals surface area contributed by atoms with Gasteiger partial charge in [0.25, 0.3) is 0 Å². The minimum absolute atomic E-state index is 0.0684. The van der Waals surface area contributed by atoms with Gasteiger partial charge in [0.05, 0.1) is 24.5 Å². The first-order valence-corrected chi connectivity index (χ1v) is 15.5. The van der Waals surface area contributed by atoms with Gasteiger partial charge in [-0.3, -0.25) is 9.69 Å². The fourth-order valence-electron chi connectivity index (χ4n) is 5.87. The second-order valence-electron chi connectivity index (χ2n) is 10.8. The van der Waals surface area contributed by atoms with E-state index in [4.69, 9.17) is 31.2 Å². The van der Waals surface area contributed by atoms with Gasteiger partial charge in [0.2, 0.25) is 0 Å². The number of thiazole rings is 1. The molecule has 2 fully saturated rings. The predicted molar refractivity (Wildman–Crippen MR) is 161 cm³/mol. The molecule has 0 saturated carbocycles. The summed E-state index contributed by atoms with van der Waals surface area (Å²) in [5, 5.41) is 10.7. The van der Waals surface area contributed by atoms with E-state index in [1.54, 1.807) is 29.5 Å². The first kappa shape index (κ1) is 28.7. The fraction of sp³-hybridized carbons (Fsp3) is 0.484. The van der Waals surface area contributed by atoms with Crippen molar-refractivity contribution in [3.05, 3.63) is 59.2 Å². The highest BCUT2D eigenvalue weighted by molar-refractivity contribution is 7.18. The van der Waals surface area contributed by atoms with Crippen molar-refractivity contribution in [1.29, 1.82) is 0 Å². The molecule has 2 aromatic carbocycles. The zero-order chi connectivity index (χ0) is 28.0. The molecule has 0 spiro atoms. The molecule has 3 aromatic rings. The van der Waals surface area contributed by atoms with Crippen molar-refractivity contribution in [1.82, 2.24) is 9.88 Å². The monoisotopic (exact) mass is 583 g/mol. The molecule has 9 heteroatoms. The van der Waals surface area contributed by atoms with E-state index >= 15 is 0 Å². The molecule has 0 radical (unpaired) electrons. The summed E-state index contributed by atoms with van der Waals surface area (Å²) >= 11 is 7.98. The number of rotatable bonds is 12. The van der Waals surface area contributed by atoms with Gasteiger partial charge < -0.3 is 19.5 Å². The van der Waals surface area contributed by atoms with Crippen LogP contribution in [0, 0.1) is 0 Å². The fourth-order valence-corrected chi connectivity index (χ4v) is 7.08. The van der Waals surface area contributed by atoms with Crippen LogP contribution in [-0.2, 0) is 11.2 Å². The highest BCUT2D eigenvalue weighted by Crippen LogP contribution is 2.39. The highest BCUT2D eigenvalue weighted by atomic mass is 35.5. The van der Waals surface area contributed by atoms with Crippen molar-refractivity contribution in [2.75, 3.05) is 44.3 Å². The van der Waals surface area contributed by atoms with Gasteiger partial charge in [0, 0.05) is 29.8 Å². The van der Waals surface area contributed by atoms with Crippen molar-refractivity contribution in [2.45, 2.75) is 57.4 Å². The van der Waals surface area contributed by atoms with Gasteiger partial charge in [-0.05, 0) is 93.1 Å². The van der Waals surface area contributed by atoms with Crippen LogP contribution in [-0.4, -0.2) is 65.9 Å². The van der Waals surface area contributed by atoms with E-state index in [1.165, 1.54) is 12.8 Å². The van der Waals surface area contributed by atoms with Gasteiger partial charge in [0.15, 0.2) is 5.13 Å².